The number of ether oxygens (including phenoxy) is 2. The van der Waals surface area contributed by atoms with E-state index < -0.39 is 10.0 Å². The van der Waals surface area contributed by atoms with Gasteiger partial charge in [0.1, 0.15) is 4.90 Å². The van der Waals surface area contributed by atoms with Gasteiger partial charge in [-0.1, -0.05) is 23.7 Å². The molecule has 2 heterocycles. The monoisotopic (exact) mass is 541 g/mol. The molecule has 10 heteroatoms. The van der Waals surface area contributed by atoms with E-state index in [-0.39, 0.29) is 28.2 Å². The quantitative estimate of drug-likeness (QED) is 0.496. The molecule has 37 heavy (non-hydrogen) atoms. The lowest BCUT2D eigenvalue weighted by Gasteiger charge is -2.35. The maximum absolute atomic E-state index is 13.2. The molecule has 0 aromatic heterocycles. The Morgan fingerprint density at radius 1 is 0.919 bits per heavy atom. The number of piperazine rings is 1. The van der Waals surface area contributed by atoms with Crippen LogP contribution in [0.5, 0.6) is 11.5 Å². The molecule has 0 spiro atoms. The van der Waals surface area contributed by atoms with Crippen molar-refractivity contribution < 1.29 is 22.7 Å². The highest BCUT2D eigenvalue weighted by molar-refractivity contribution is 7.92. The minimum absolute atomic E-state index is 0.0574. The van der Waals surface area contributed by atoms with Gasteiger partial charge in [-0.25, -0.2) is 8.42 Å². The summed E-state index contributed by atoms with van der Waals surface area (Å²) in [5.74, 6) is 1.29. The third-order valence-corrected chi connectivity index (χ3v) is 8.31. The fraction of sp³-hybridized carbons (Fsp3) is 0.296. The van der Waals surface area contributed by atoms with Crippen molar-refractivity contribution in [2.45, 2.75) is 25.3 Å². The van der Waals surface area contributed by atoms with Crippen LogP contribution in [0, 0.1) is 13.8 Å². The van der Waals surface area contributed by atoms with E-state index in [1.165, 1.54) is 12.1 Å². The Balaban J connectivity index is 1.25. The Bertz CT molecular complexity index is 1430. The van der Waals surface area contributed by atoms with Crippen LogP contribution >= 0.6 is 11.6 Å². The van der Waals surface area contributed by atoms with Gasteiger partial charge in [-0.05, 0) is 73.0 Å². The number of amides is 1. The Labute approximate surface area is 221 Å². The summed E-state index contributed by atoms with van der Waals surface area (Å²) in [7, 11) is -3.99. The zero-order valence-electron chi connectivity index (χ0n) is 20.7. The fourth-order valence-electron chi connectivity index (χ4n) is 4.68. The summed E-state index contributed by atoms with van der Waals surface area (Å²) in [5.41, 5.74) is 3.72. The standard InChI is InChI=1S/C27H28ClN3O5S/c1-18-11-19(2)13-22(12-18)29-37(33,34)26-15-21(4-5-23(26)28)27(32)31-9-7-30(8-10-31)16-20-3-6-24-25(14-20)36-17-35-24/h3-6,11-15,29H,7-10,16-17H2,1-2H3. The number of fused-ring (bicyclic) bond motifs is 1. The number of hydrogen-bond donors (Lipinski definition) is 1. The number of benzene rings is 3. The van der Waals surface area contributed by atoms with Gasteiger partial charge in [-0.15, -0.1) is 0 Å². The van der Waals surface area contributed by atoms with Crippen molar-refractivity contribution in [3.63, 3.8) is 0 Å². The number of aryl methyl sites for hydroxylation is 2. The van der Waals surface area contributed by atoms with Gasteiger partial charge in [-0.2, -0.15) is 0 Å². The maximum Gasteiger partial charge on any atom is 0.263 e. The van der Waals surface area contributed by atoms with E-state index in [9.17, 15) is 13.2 Å². The number of nitrogens with one attached hydrogen (secondary N) is 1. The second kappa shape index (κ2) is 10.2. The number of nitrogens with zero attached hydrogens (tertiary/aromatic N) is 2. The van der Waals surface area contributed by atoms with E-state index in [1.54, 1.807) is 23.1 Å². The molecule has 2 aliphatic rings. The molecular formula is C27H28ClN3O5S. The van der Waals surface area contributed by atoms with Crippen LogP contribution in [0.2, 0.25) is 5.02 Å². The minimum Gasteiger partial charge on any atom is -0.454 e. The first-order valence-electron chi connectivity index (χ1n) is 12.0. The lowest BCUT2D eigenvalue weighted by molar-refractivity contribution is 0.0628. The van der Waals surface area contributed by atoms with Gasteiger partial charge in [0.05, 0.1) is 5.02 Å². The summed E-state index contributed by atoms with van der Waals surface area (Å²) in [4.78, 5) is 17.1. The first-order valence-corrected chi connectivity index (χ1v) is 13.8. The number of carbonyl (C=O) groups is 1. The number of anilines is 1. The molecule has 0 saturated carbocycles. The molecule has 1 N–H and O–H groups in total. The van der Waals surface area contributed by atoms with Gasteiger partial charge < -0.3 is 14.4 Å². The highest BCUT2D eigenvalue weighted by Crippen LogP contribution is 2.33. The predicted molar refractivity (Wildman–Crippen MR) is 142 cm³/mol. The molecule has 0 radical (unpaired) electrons. The molecule has 2 aliphatic heterocycles. The van der Waals surface area contributed by atoms with Crippen LogP contribution in [0.1, 0.15) is 27.0 Å². The molecule has 1 saturated heterocycles. The molecule has 0 bridgehead atoms. The zero-order valence-corrected chi connectivity index (χ0v) is 22.2. The molecule has 1 fully saturated rings. The number of hydrogen-bond acceptors (Lipinski definition) is 6. The smallest absolute Gasteiger partial charge is 0.263 e. The predicted octanol–water partition coefficient (Wildman–Crippen LogP) is 4.44. The third-order valence-electron chi connectivity index (χ3n) is 6.44. The molecule has 0 atom stereocenters. The molecular weight excluding hydrogens is 514 g/mol. The molecule has 1 amide bonds. The van der Waals surface area contributed by atoms with Crippen LogP contribution in [0.25, 0.3) is 0 Å². The molecule has 194 valence electrons. The largest absolute Gasteiger partial charge is 0.454 e. The Hall–Kier alpha value is -3.27. The van der Waals surface area contributed by atoms with Crippen LogP contribution in [-0.4, -0.2) is 57.1 Å². The van der Waals surface area contributed by atoms with E-state index in [0.717, 1.165) is 34.7 Å². The van der Waals surface area contributed by atoms with Crippen molar-refractivity contribution in [2.24, 2.45) is 0 Å². The van der Waals surface area contributed by atoms with Crippen molar-refractivity contribution in [3.8, 4) is 11.5 Å². The molecule has 8 nitrogen and oxygen atoms in total. The number of sulfonamides is 1. The first-order chi connectivity index (χ1) is 17.7. The Kier molecular flexibility index (Phi) is 7.02. The van der Waals surface area contributed by atoms with Crippen LogP contribution in [-0.2, 0) is 16.6 Å². The van der Waals surface area contributed by atoms with Crippen molar-refractivity contribution >= 4 is 33.2 Å². The molecule has 0 aliphatic carbocycles. The highest BCUT2D eigenvalue weighted by Gasteiger charge is 2.26. The molecule has 0 unspecified atom stereocenters. The van der Waals surface area contributed by atoms with Gasteiger partial charge in [0.15, 0.2) is 11.5 Å². The summed E-state index contributed by atoms with van der Waals surface area (Å²) in [6.07, 6.45) is 0. The summed E-state index contributed by atoms with van der Waals surface area (Å²) in [6.45, 7) is 7.25. The lowest BCUT2D eigenvalue weighted by atomic mass is 10.1. The number of rotatable bonds is 6. The summed E-state index contributed by atoms with van der Waals surface area (Å²) in [6, 6.07) is 15.8. The molecule has 5 rings (SSSR count). The van der Waals surface area contributed by atoms with Gasteiger partial charge in [0, 0.05) is 44.0 Å². The zero-order chi connectivity index (χ0) is 26.2. The van der Waals surface area contributed by atoms with Crippen LogP contribution in [0.3, 0.4) is 0 Å². The summed E-state index contributed by atoms with van der Waals surface area (Å²) < 4.78 is 39.7. The molecule has 3 aromatic carbocycles. The van der Waals surface area contributed by atoms with E-state index >= 15 is 0 Å². The second-order valence-corrected chi connectivity index (χ2v) is 11.4. The van der Waals surface area contributed by atoms with E-state index in [0.29, 0.717) is 31.9 Å². The average molecular weight is 542 g/mol. The number of halogens is 1. The normalized spacial score (nSPS) is 15.6. The Morgan fingerprint density at radius 3 is 2.35 bits per heavy atom. The van der Waals surface area contributed by atoms with Crippen LogP contribution < -0.4 is 14.2 Å². The molecule has 3 aromatic rings. The SMILES string of the molecule is Cc1cc(C)cc(NS(=O)(=O)c2cc(C(=O)N3CCN(Cc4ccc5c(c4)OCO5)CC3)ccc2Cl)c1. The second-order valence-electron chi connectivity index (χ2n) is 9.38. The van der Waals surface area contributed by atoms with Crippen molar-refractivity contribution in [3.05, 3.63) is 81.9 Å². The van der Waals surface area contributed by atoms with Gasteiger partial charge in [-0.3, -0.25) is 14.4 Å². The highest BCUT2D eigenvalue weighted by atomic mass is 35.5. The average Bonchev–Trinajstić information content (AvgIpc) is 3.31. The van der Waals surface area contributed by atoms with Gasteiger partial charge in [0.2, 0.25) is 6.79 Å². The third kappa shape index (κ3) is 5.69. The van der Waals surface area contributed by atoms with Gasteiger partial charge >= 0.3 is 0 Å². The number of carbonyl (C=O) groups excluding carboxylic acids is 1. The van der Waals surface area contributed by atoms with E-state index in [4.69, 9.17) is 21.1 Å². The van der Waals surface area contributed by atoms with Crippen molar-refractivity contribution in [2.75, 3.05) is 37.7 Å². The first kappa shape index (κ1) is 25.4. The van der Waals surface area contributed by atoms with Gasteiger partial charge in [0.25, 0.3) is 15.9 Å². The minimum atomic E-state index is -3.99. The van der Waals surface area contributed by atoms with Crippen LogP contribution in [0.4, 0.5) is 5.69 Å². The lowest BCUT2D eigenvalue weighted by Crippen LogP contribution is -2.48. The fourth-order valence-corrected chi connectivity index (χ4v) is 6.24. The van der Waals surface area contributed by atoms with E-state index in [2.05, 4.69) is 9.62 Å². The van der Waals surface area contributed by atoms with Crippen molar-refractivity contribution in [1.29, 1.82) is 0 Å². The maximum atomic E-state index is 13.2. The van der Waals surface area contributed by atoms with Crippen molar-refractivity contribution in [1.82, 2.24) is 9.80 Å². The van der Waals surface area contributed by atoms with Crippen LogP contribution in [0.15, 0.2) is 59.5 Å². The summed E-state index contributed by atoms with van der Waals surface area (Å²) in [5, 5.41) is 0.0574. The Morgan fingerprint density at radius 2 is 1.62 bits per heavy atom. The summed E-state index contributed by atoms with van der Waals surface area (Å²) >= 11 is 6.26. The topological polar surface area (TPSA) is 88.2 Å². The van der Waals surface area contributed by atoms with E-state index in [1.807, 2.05) is 38.1 Å².